The van der Waals surface area contributed by atoms with Crippen molar-refractivity contribution in [3.63, 3.8) is 0 Å². The second kappa shape index (κ2) is 16.2. The number of carbonyl (C=O) groups excluding carboxylic acids is 3. The fourth-order valence-electron chi connectivity index (χ4n) is 8.09. The van der Waals surface area contributed by atoms with Gasteiger partial charge in [0.25, 0.3) is 5.56 Å². The number of pyridine rings is 1. The molecule has 0 radical (unpaired) electrons. The number of rotatable bonds is 11. The molecule has 54 heavy (non-hydrogen) atoms. The molecule has 13 nitrogen and oxygen atoms in total. The number of ether oxygens (including phenoxy) is 2. The van der Waals surface area contributed by atoms with Crippen molar-refractivity contribution in [3.8, 4) is 22.6 Å². The Morgan fingerprint density at radius 1 is 0.926 bits per heavy atom. The van der Waals surface area contributed by atoms with E-state index >= 15 is 0 Å². The van der Waals surface area contributed by atoms with Crippen LogP contribution in [0.4, 0.5) is 0 Å². The van der Waals surface area contributed by atoms with Crippen LogP contribution in [0.5, 0.6) is 11.5 Å². The maximum atomic E-state index is 13.4. The van der Waals surface area contributed by atoms with Gasteiger partial charge in [0.2, 0.25) is 17.7 Å². The summed E-state index contributed by atoms with van der Waals surface area (Å²) in [5, 5.41) is 10.1. The number of imide groups is 1. The quantitative estimate of drug-likeness (QED) is 0.220. The van der Waals surface area contributed by atoms with Crippen LogP contribution in [0, 0.1) is 5.92 Å². The molecule has 1 atom stereocenters. The molecule has 2 aromatic carbocycles. The van der Waals surface area contributed by atoms with Crippen molar-refractivity contribution in [2.45, 2.75) is 64.5 Å². The van der Waals surface area contributed by atoms with E-state index in [0.29, 0.717) is 62.6 Å². The summed E-state index contributed by atoms with van der Waals surface area (Å²) in [6.07, 6.45) is 7.11. The predicted octanol–water partition coefficient (Wildman–Crippen LogP) is 3.84. The number of hydrogen-bond acceptors (Lipinski definition) is 9. The van der Waals surface area contributed by atoms with Gasteiger partial charge in [-0.25, -0.2) is 0 Å². The molecule has 5 heterocycles. The number of aromatic amines is 1. The molecule has 0 spiro atoms. The molecule has 3 fully saturated rings. The molecule has 286 valence electrons. The van der Waals surface area contributed by atoms with E-state index in [1.54, 1.807) is 24.9 Å². The fourth-order valence-corrected chi connectivity index (χ4v) is 8.09. The highest BCUT2D eigenvalue weighted by Crippen LogP contribution is 2.39. The third kappa shape index (κ3) is 8.22. The minimum absolute atomic E-state index is 0.0454. The van der Waals surface area contributed by atoms with Crippen LogP contribution >= 0.6 is 0 Å². The van der Waals surface area contributed by atoms with Crippen molar-refractivity contribution in [2.75, 3.05) is 52.9 Å². The Balaban J connectivity index is 0.919. The number of aromatic nitrogens is 3. The number of H-pyrrole nitrogens is 1. The van der Waals surface area contributed by atoms with Crippen molar-refractivity contribution in [3.05, 3.63) is 75.8 Å². The molecule has 0 saturated carbocycles. The van der Waals surface area contributed by atoms with Gasteiger partial charge >= 0.3 is 0 Å². The van der Waals surface area contributed by atoms with Gasteiger partial charge in [0.15, 0.2) is 0 Å². The Kier molecular flexibility index (Phi) is 11.2. The number of aryl methyl sites for hydroxylation is 1. The Morgan fingerprint density at radius 3 is 2.35 bits per heavy atom. The van der Waals surface area contributed by atoms with Gasteiger partial charge < -0.3 is 18.9 Å². The number of amides is 3. The number of hydrogen-bond donors (Lipinski definition) is 2. The lowest BCUT2D eigenvalue weighted by atomic mass is 9.87. The second-order valence-corrected chi connectivity index (χ2v) is 15.2. The monoisotopic (exact) mass is 737 g/mol. The third-order valence-corrected chi connectivity index (χ3v) is 11.2. The second-order valence-electron chi connectivity index (χ2n) is 15.2. The molecular formula is C41H51N7O6. The number of likely N-dealkylation sites (tertiary alicyclic amines) is 1. The van der Waals surface area contributed by atoms with E-state index in [1.165, 1.54) is 5.56 Å². The Bertz CT molecular complexity index is 2060. The molecule has 4 aromatic rings. The number of carbonyl (C=O) groups is 3. The van der Waals surface area contributed by atoms with Crippen molar-refractivity contribution in [1.29, 1.82) is 0 Å². The smallest absolute Gasteiger partial charge is 0.276 e. The van der Waals surface area contributed by atoms with Crippen LogP contribution < -0.4 is 20.3 Å². The van der Waals surface area contributed by atoms with Crippen molar-refractivity contribution >= 4 is 28.6 Å². The normalized spacial score (nSPS) is 19.1. The van der Waals surface area contributed by atoms with E-state index in [9.17, 15) is 19.2 Å². The van der Waals surface area contributed by atoms with Crippen LogP contribution in [0.25, 0.3) is 22.0 Å². The summed E-state index contributed by atoms with van der Waals surface area (Å²) in [7, 11) is 3.38. The summed E-state index contributed by atoms with van der Waals surface area (Å²) in [6, 6.07) is 12.6. The minimum atomic E-state index is -0.178. The summed E-state index contributed by atoms with van der Waals surface area (Å²) in [5.74, 6) is 1.59. The molecule has 3 saturated heterocycles. The number of fused-ring (bicyclic) bond motifs is 1. The summed E-state index contributed by atoms with van der Waals surface area (Å²) < 4.78 is 13.8. The maximum absolute atomic E-state index is 13.4. The first kappa shape index (κ1) is 37.3. The molecule has 3 amide bonds. The summed E-state index contributed by atoms with van der Waals surface area (Å²) in [5.41, 5.74) is 5.37. The highest BCUT2D eigenvalue weighted by Gasteiger charge is 2.29. The minimum Gasteiger partial charge on any atom is -0.496 e. The standard InChI is InChI=1S/C41H51N7O6/c1-26(2)54-35-21-32(34-24-45(3)41(52)39-33(34)22-42-44-39)36(53-4)20-31(35)23-47-15-17-48(18-16-47)38(50)25-46-13-11-29(12-14-46)28-7-5-27(6-8-28)19-30-9-10-37(49)43-40(30)51/h5-8,20-22,24,26,29-30H,9-19,23,25H2,1-4H3,(H,42,44)(H,43,49,51). The summed E-state index contributed by atoms with van der Waals surface area (Å²) >= 11 is 0. The predicted molar refractivity (Wildman–Crippen MR) is 205 cm³/mol. The average molecular weight is 738 g/mol. The summed E-state index contributed by atoms with van der Waals surface area (Å²) in [6.45, 7) is 9.74. The fraction of sp³-hybridized carbons (Fsp3) is 0.488. The highest BCUT2D eigenvalue weighted by atomic mass is 16.5. The number of nitrogens with zero attached hydrogens (tertiary/aromatic N) is 5. The van der Waals surface area contributed by atoms with Crippen LogP contribution in [-0.2, 0) is 34.4 Å². The first-order chi connectivity index (χ1) is 26.1. The van der Waals surface area contributed by atoms with Crippen LogP contribution in [-0.4, -0.2) is 106 Å². The first-order valence-electron chi connectivity index (χ1n) is 19.1. The lowest BCUT2D eigenvalue weighted by molar-refractivity contribution is -0.136. The van der Waals surface area contributed by atoms with Crippen LogP contribution in [0.2, 0.25) is 0 Å². The lowest BCUT2D eigenvalue weighted by Gasteiger charge is -2.37. The largest absolute Gasteiger partial charge is 0.496 e. The topological polar surface area (TPSA) is 142 Å². The Morgan fingerprint density at radius 2 is 1.67 bits per heavy atom. The Hall–Kier alpha value is -5.01. The lowest BCUT2D eigenvalue weighted by Crippen LogP contribution is -2.51. The van der Waals surface area contributed by atoms with E-state index in [-0.39, 0.29) is 35.3 Å². The number of piperidine rings is 2. The number of piperazine rings is 1. The van der Waals surface area contributed by atoms with E-state index in [2.05, 4.69) is 49.6 Å². The highest BCUT2D eigenvalue weighted by molar-refractivity contribution is 5.98. The van der Waals surface area contributed by atoms with Crippen molar-refractivity contribution < 1.29 is 23.9 Å². The van der Waals surface area contributed by atoms with Crippen LogP contribution in [0.15, 0.2) is 53.6 Å². The van der Waals surface area contributed by atoms with Gasteiger partial charge in [0.1, 0.15) is 17.0 Å². The molecule has 0 aliphatic carbocycles. The number of benzene rings is 2. The summed E-state index contributed by atoms with van der Waals surface area (Å²) in [4.78, 5) is 56.4. The van der Waals surface area contributed by atoms with Crippen molar-refractivity contribution in [2.24, 2.45) is 13.0 Å². The van der Waals surface area contributed by atoms with Gasteiger partial charge in [-0.05, 0) is 81.8 Å². The number of methoxy groups -OCH3 is 1. The molecule has 13 heteroatoms. The van der Waals surface area contributed by atoms with Gasteiger partial charge in [0, 0.05) is 80.4 Å². The zero-order chi connectivity index (χ0) is 37.9. The molecule has 3 aliphatic heterocycles. The van der Waals surface area contributed by atoms with E-state index in [0.717, 1.165) is 72.4 Å². The molecule has 2 N–H and O–H groups in total. The molecule has 3 aliphatic rings. The van der Waals surface area contributed by atoms with Crippen LogP contribution in [0.3, 0.4) is 0 Å². The Labute approximate surface area is 315 Å². The first-order valence-corrected chi connectivity index (χ1v) is 19.1. The molecule has 1 unspecified atom stereocenters. The number of nitrogens with one attached hydrogen (secondary N) is 2. The van der Waals surface area contributed by atoms with E-state index < -0.39 is 0 Å². The van der Waals surface area contributed by atoms with Crippen LogP contribution in [0.1, 0.15) is 62.1 Å². The molecule has 2 aromatic heterocycles. The maximum Gasteiger partial charge on any atom is 0.276 e. The molecule has 0 bridgehead atoms. The van der Waals surface area contributed by atoms with Gasteiger partial charge in [-0.15, -0.1) is 0 Å². The molecule has 7 rings (SSSR count). The van der Waals surface area contributed by atoms with Crippen molar-refractivity contribution in [1.82, 2.24) is 34.8 Å². The average Bonchev–Trinajstić information content (AvgIpc) is 3.66. The van der Waals surface area contributed by atoms with Gasteiger partial charge in [-0.1, -0.05) is 24.3 Å². The van der Waals surface area contributed by atoms with Gasteiger partial charge in [-0.2, -0.15) is 5.10 Å². The third-order valence-electron chi connectivity index (χ3n) is 11.2. The SMILES string of the molecule is COc1cc(CN2CCN(C(=O)CN3CCC(c4ccc(CC5CCC(=O)NC5=O)cc4)CC3)CC2)c(OC(C)C)cc1-c1cn(C)c(=O)c2[nH]ncc12. The van der Waals surface area contributed by atoms with E-state index in [1.807, 2.05) is 37.1 Å². The van der Waals surface area contributed by atoms with Gasteiger partial charge in [0.05, 0.1) is 26.0 Å². The zero-order valence-corrected chi connectivity index (χ0v) is 31.7. The van der Waals surface area contributed by atoms with E-state index in [4.69, 9.17) is 9.47 Å². The molecular weight excluding hydrogens is 686 g/mol. The zero-order valence-electron chi connectivity index (χ0n) is 31.7. The van der Waals surface area contributed by atoms with Gasteiger partial charge in [-0.3, -0.25) is 39.4 Å².